The van der Waals surface area contributed by atoms with Gasteiger partial charge in [0.15, 0.2) is 0 Å². The van der Waals surface area contributed by atoms with E-state index in [4.69, 9.17) is 9.47 Å². The Morgan fingerprint density at radius 1 is 1.22 bits per heavy atom. The van der Waals surface area contributed by atoms with Gasteiger partial charge in [0, 0.05) is 25.2 Å². The van der Waals surface area contributed by atoms with Crippen molar-refractivity contribution in [3.05, 3.63) is 29.8 Å². The van der Waals surface area contributed by atoms with Gasteiger partial charge in [-0.25, -0.2) is 4.79 Å². The lowest BCUT2D eigenvalue weighted by Gasteiger charge is -2.34. The van der Waals surface area contributed by atoms with Crippen molar-refractivity contribution in [2.75, 3.05) is 27.3 Å². The van der Waals surface area contributed by atoms with E-state index in [-0.39, 0.29) is 6.09 Å². The highest BCUT2D eigenvalue weighted by molar-refractivity contribution is 5.67. The van der Waals surface area contributed by atoms with E-state index in [1.807, 2.05) is 6.07 Å². The van der Waals surface area contributed by atoms with Crippen molar-refractivity contribution in [3.63, 3.8) is 0 Å². The van der Waals surface area contributed by atoms with Gasteiger partial charge in [-0.2, -0.15) is 0 Å². The molecule has 0 aromatic heterocycles. The molecule has 2 aliphatic rings. The summed E-state index contributed by atoms with van der Waals surface area (Å²) in [5, 5.41) is 3.83. The van der Waals surface area contributed by atoms with Gasteiger partial charge in [0.1, 0.15) is 5.75 Å². The molecule has 5 heteroatoms. The SMILES string of the molecule is COC(=O)N1CCC(N[C@H](c2cccc(OC)c2)C2CC2)CC1. The van der Waals surface area contributed by atoms with Gasteiger partial charge in [-0.05, 0) is 49.3 Å². The Morgan fingerprint density at radius 2 is 1.96 bits per heavy atom. The van der Waals surface area contributed by atoms with Gasteiger partial charge >= 0.3 is 6.09 Å². The fourth-order valence-corrected chi connectivity index (χ4v) is 3.38. The largest absolute Gasteiger partial charge is 0.497 e. The van der Waals surface area contributed by atoms with E-state index in [9.17, 15) is 4.79 Å². The van der Waals surface area contributed by atoms with Crippen molar-refractivity contribution in [1.29, 1.82) is 0 Å². The Balaban J connectivity index is 1.61. The maximum absolute atomic E-state index is 11.6. The van der Waals surface area contributed by atoms with Gasteiger partial charge in [-0.3, -0.25) is 0 Å². The Labute approximate surface area is 137 Å². The number of carbonyl (C=O) groups excluding carboxylic acids is 1. The Morgan fingerprint density at radius 3 is 2.57 bits per heavy atom. The molecule has 1 aliphatic carbocycles. The van der Waals surface area contributed by atoms with E-state index in [0.29, 0.717) is 12.1 Å². The van der Waals surface area contributed by atoms with Gasteiger partial charge in [-0.15, -0.1) is 0 Å². The summed E-state index contributed by atoms with van der Waals surface area (Å²) < 4.78 is 10.2. The normalized spacial score (nSPS) is 20.2. The summed E-state index contributed by atoms with van der Waals surface area (Å²) in [5.74, 6) is 1.64. The fourth-order valence-electron chi connectivity index (χ4n) is 3.38. The number of nitrogens with one attached hydrogen (secondary N) is 1. The summed E-state index contributed by atoms with van der Waals surface area (Å²) in [7, 11) is 3.15. The molecule has 2 fully saturated rings. The number of carbonyl (C=O) groups is 1. The summed E-state index contributed by atoms with van der Waals surface area (Å²) in [5.41, 5.74) is 1.31. The maximum atomic E-state index is 11.6. The molecule has 1 N–H and O–H groups in total. The van der Waals surface area contributed by atoms with Crippen LogP contribution in [-0.4, -0.2) is 44.3 Å². The van der Waals surface area contributed by atoms with E-state index >= 15 is 0 Å². The Hall–Kier alpha value is -1.75. The first-order valence-electron chi connectivity index (χ1n) is 8.44. The molecule has 1 saturated carbocycles. The summed E-state index contributed by atoms with van der Waals surface area (Å²) in [4.78, 5) is 13.4. The van der Waals surface area contributed by atoms with Crippen LogP contribution >= 0.6 is 0 Å². The minimum Gasteiger partial charge on any atom is -0.497 e. The van der Waals surface area contributed by atoms with Crippen LogP contribution in [0.3, 0.4) is 0 Å². The highest BCUT2D eigenvalue weighted by Crippen LogP contribution is 2.42. The number of rotatable bonds is 5. The minimum atomic E-state index is -0.213. The molecule has 1 aliphatic heterocycles. The number of methoxy groups -OCH3 is 2. The second-order valence-corrected chi connectivity index (χ2v) is 6.49. The summed E-state index contributed by atoms with van der Waals surface area (Å²) in [6, 6.07) is 9.21. The number of amides is 1. The van der Waals surface area contributed by atoms with Crippen molar-refractivity contribution in [1.82, 2.24) is 10.2 Å². The smallest absolute Gasteiger partial charge is 0.409 e. The van der Waals surface area contributed by atoms with Crippen LogP contribution in [0.25, 0.3) is 0 Å². The van der Waals surface area contributed by atoms with Crippen LogP contribution in [0.2, 0.25) is 0 Å². The average Bonchev–Trinajstić information content (AvgIpc) is 3.44. The van der Waals surface area contributed by atoms with Crippen molar-refractivity contribution >= 4 is 6.09 Å². The predicted octanol–water partition coefficient (Wildman–Crippen LogP) is 2.97. The van der Waals surface area contributed by atoms with E-state index in [1.54, 1.807) is 12.0 Å². The van der Waals surface area contributed by atoms with Crippen molar-refractivity contribution in [3.8, 4) is 5.75 Å². The number of nitrogens with zero attached hydrogens (tertiary/aromatic N) is 1. The van der Waals surface area contributed by atoms with Crippen LogP contribution in [0.15, 0.2) is 24.3 Å². The molecular weight excluding hydrogens is 292 g/mol. The zero-order valence-corrected chi connectivity index (χ0v) is 14.0. The Bertz CT molecular complexity index is 537. The Kier molecular flexibility index (Phi) is 5.06. The van der Waals surface area contributed by atoms with Crippen LogP contribution in [-0.2, 0) is 4.74 Å². The summed E-state index contributed by atoms with van der Waals surface area (Å²) >= 11 is 0. The molecule has 5 nitrogen and oxygen atoms in total. The molecule has 126 valence electrons. The summed E-state index contributed by atoms with van der Waals surface area (Å²) in [6.07, 6.45) is 4.31. The first-order valence-corrected chi connectivity index (χ1v) is 8.44. The predicted molar refractivity (Wildman–Crippen MR) is 88.6 cm³/mol. The number of ether oxygens (including phenoxy) is 2. The number of piperidine rings is 1. The van der Waals surface area contributed by atoms with Crippen molar-refractivity contribution < 1.29 is 14.3 Å². The van der Waals surface area contributed by atoms with E-state index < -0.39 is 0 Å². The molecule has 0 spiro atoms. The molecular formula is C18H26N2O3. The van der Waals surface area contributed by atoms with Crippen LogP contribution in [0.5, 0.6) is 5.75 Å². The maximum Gasteiger partial charge on any atom is 0.409 e. The monoisotopic (exact) mass is 318 g/mol. The minimum absolute atomic E-state index is 0.213. The molecule has 1 atom stereocenters. The molecule has 1 aromatic rings. The number of hydrogen-bond acceptors (Lipinski definition) is 4. The standard InChI is InChI=1S/C18H26N2O3/c1-22-16-5-3-4-14(12-16)17(13-6-7-13)19-15-8-10-20(11-9-15)18(21)23-2/h3-5,12-13,15,17,19H,6-11H2,1-2H3/t17-/m0/s1. The van der Waals surface area contributed by atoms with Crippen LogP contribution in [0.1, 0.15) is 37.3 Å². The van der Waals surface area contributed by atoms with Crippen LogP contribution in [0, 0.1) is 5.92 Å². The first-order chi connectivity index (χ1) is 11.2. The van der Waals surface area contributed by atoms with Crippen LogP contribution in [0.4, 0.5) is 4.79 Å². The number of hydrogen-bond donors (Lipinski definition) is 1. The molecule has 1 heterocycles. The van der Waals surface area contributed by atoms with Crippen molar-refractivity contribution in [2.24, 2.45) is 5.92 Å². The molecule has 1 saturated heterocycles. The lowest BCUT2D eigenvalue weighted by molar-refractivity contribution is 0.108. The van der Waals surface area contributed by atoms with E-state index in [0.717, 1.165) is 37.6 Å². The summed E-state index contributed by atoms with van der Waals surface area (Å²) in [6.45, 7) is 1.53. The topological polar surface area (TPSA) is 50.8 Å². The van der Waals surface area contributed by atoms with Gasteiger partial charge < -0.3 is 19.7 Å². The molecule has 3 rings (SSSR count). The second-order valence-electron chi connectivity index (χ2n) is 6.49. The number of benzene rings is 1. The van der Waals surface area contributed by atoms with Crippen molar-refractivity contribution in [2.45, 2.75) is 37.8 Å². The van der Waals surface area contributed by atoms with Gasteiger partial charge in [-0.1, -0.05) is 12.1 Å². The molecule has 0 bridgehead atoms. The zero-order chi connectivity index (χ0) is 16.2. The first kappa shape index (κ1) is 16.1. The van der Waals surface area contributed by atoms with Gasteiger partial charge in [0.05, 0.1) is 14.2 Å². The van der Waals surface area contributed by atoms with Crippen LogP contribution < -0.4 is 10.1 Å². The number of likely N-dealkylation sites (tertiary alicyclic amines) is 1. The molecule has 0 unspecified atom stereocenters. The van der Waals surface area contributed by atoms with E-state index in [1.165, 1.54) is 25.5 Å². The van der Waals surface area contributed by atoms with E-state index in [2.05, 4.69) is 23.5 Å². The molecule has 1 aromatic carbocycles. The second kappa shape index (κ2) is 7.21. The molecule has 23 heavy (non-hydrogen) atoms. The third-order valence-corrected chi connectivity index (χ3v) is 4.89. The zero-order valence-electron chi connectivity index (χ0n) is 14.0. The quantitative estimate of drug-likeness (QED) is 0.907. The van der Waals surface area contributed by atoms with Gasteiger partial charge in [0.2, 0.25) is 0 Å². The fraction of sp³-hybridized carbons (Fsp3) is 0.611. The van der Waals surface area contributed by atoms with Gasteiger partial charge in [0.25, 0.3) is 0 Å². The highest BCUT2D eigenvalue weighted by atomic mass is 16.5. The molecule has 0 radical (unpaired) electrons. The lowest BCUT2D eigenvalue weighted by Crippen LogP contribution is -2.46. The lowest BCUT2D eigenvalue weighted by atomic mass is 9.98. The third kappa shape index (κ3) is 3.96. The highest BCUT2D eigenvalue weighted by Gasteiger charge is 2.34. The average molecular weight is 318 g/mol. The molecule has 1 amide bonds. The third-order valence-electron chi connectivity index (χ3n) is 4.89.